The van der Waals surface area contributed by atoms with Gasteiger partial charge in [0.05, 0.1) is 5.56 Å². The topological polar surface area (TPSA) is 51.8 Å². The molecule has 17 heavy (non-hydrogen) atoms. The highest BCUT2D eigenvalue weighted by Gasteiger charge is 2.29. The molecule has 0 aliphatic heterocycles. The second-order valence-electron chi connectivity index (χ2n) is 4.97. The minimum absolute atomic E-state index is 0.509. The molecular weight excluding hydrogens is 214 g/mol. The van der Waals surface area contributed by atoms with E-state index in [1.165, 1.54) is 31.4 Å². The molecule has 0 amide bonds. The van der Waals surface area contributed by atoms with Gasteiger partial charge in [0, 0.05) is 23.7 Å². The third kappa shape index (κ3) is 1.73. The smallest absolute Gasteiger partial charge is 0.249 e. The lowest BCUT2D eigenvalue weighted by Crippen LogP contribution is -1.86. The minimum atomic E-state index is 0.509. The van der Waals surface area contributed by atoms with Crippen molar-refractivity contribution in [2.45, 2.75) is 37.5 Å². The Hall–Kier alpha value is -1.71. The van der Waals surface area contributed by atoms with Gasteiger partial charge in [-0.2, -0.15) is 0 Å². The monoisotopic (exact) mass is 227 g/mol. The summed E-state index contributed by atoms with van der Waals surface area (Å²) in [5.41, 5.74) is 2.12. The molecular formula is C13H13N3O. The maximum Gasteiger partial charge on any atom is 0.249 e. The Bertz CT molecular complexity index is 538. The molecule has 4 rings (SSSR count). The molecule has 2 fully saturated rings. The van der Waals surface area contributed by atoms with Crippen LogP contribution in [0.3, 0.4) is 0 Å². The molecule has 0 radical (unpaired) electrons. The zero-order chi connectivity index (χ0) is 11.2. The number of hydrogen-bond acceptors (Lipinski definition) is 4. The first-order chi connectivity index (χ1) is 8.40. The first kappa shape index (κ1) is 9.33. The lowest BCUT2D eigenvalue weighted by Gasteiger charge is -1.97. The van der Waals surface area contributed by atoms with Crippen LogP contribution in [0.2, 0.25) is 0 Å². The molecule has 2 aromatic heterocycles. The predicted molar refractivity (Wildman–Crippen MR) is 61.5 cm³/mol. The van der Waals surface area contributed by atoms with Gasteiger partial charge in [-0.1, -0.05) is 0 Å². The van der Waals surface area contributed by atoms with Crippen molar-refractivity contribution in [1.82, 2.24) is 15.2 Å². The SMILES string of the molecule is c1cc(C2CC2)ncc1-c1nnc(C2CC2)o1. The Morgan fingerprint density at radius 2 is 1.82 bits per heavy atom. The molecule has 4 heteroatoms. The Morgan fingerprint density at radius 3 is 2.47 bits per heavy atom. The van der Waals surface area contributed by atoms with Gasteiger partial charge in [0.1, 0.15) is 0 Å². The van der Waals surface area contributed by atoms with Crippen molar-refractivity contribution in [3.05, 3.63) is 29.9 Å². The van der Waals surface area contributed by atoms with Gasteiger partial charge in [-0.15, -0.1) is 10.2 Å². The van der Waals surface area contributed by atoms with Gasteiger partial charge in [-0.3, -0.25) is 4.98 Å². The lowest BCUT2D eigenvalue weighted by molar-refractivity contribution is 0.508. The maximum absolute atomic E-state index is 5.65. The number of pyridine rings is 1. The normalized spacial score (nSPS) is 19.5. The molecule has 2 aliphatic rings. The minimum Gasteiger partial charge on any atom is -0.420 e. The van der Waals surface area contributed by atoms with E-state index < -0.39 is 0 Å². The van der Waals surface area contributed by atoms with Gasteiger partial charge >= 0.3 is 0 Å². The molecule has 2 heterocycles. The third-order valence-corrected chi connectivity index (χ3v) is 3.40. The third-order valence-electron chi connectivity index (χ3n) is 3.40. The second-order valence-corrected chi connectivity index (χ2v) is 4.97. The Balaban J connectivity index is 1.62. The van der Waals surface area contributed by atoms with E-state index in [0.29, 0.717) is 17.7 Å². The van der Waals surface area contributed by atoms with Gasteiger partial charge in [0.25, 0.3) is 0 Å². The van der Waals surface area contributed by atoms with Crippen LogP contribution in [0.15, 0.2) is 22.7 Å². The first-order valence-corrected chi connectivity index (χ1v) is 6.20. The van der Waals surface area contributed by atoms with Crippen LogP contribution in [-0.2, 0) is 0 Å². The Labute approximate surface area is 99.1 Å². The zero-order valence-electron chi connectivity index (χ0n) is 9.47. The Kier molecular flexibility index (Phi) is 1.86. The van der Waals surface area contributed by atoms with Crippen molar-refractivity contribution in [2.24, 2.45) is 0 Å². The standard InChI is InChI=1S/C13H13N3O/c1-2-8(1)11-6-5-10(7-14-11)13-16-15-12(17-13)9-3-4-9/h5-9H,1-4H2. The summed E-state index contributed by atoms with van der Waals surface area (Å²) in [4.78, 5) is 4.46. The summed E-state index contributed by atoms with van der Waals surface area (Å²) in [7, 11) is 0. The number of hydrogen-bond donors (Lipinski definition) is 0. The fourth-order valence-electron chi connectivity index (χ4n) is 2.00. The van der Waals surface area contributed by atoms with Crippen molar-refractivity contribution in [1.29, 1.82) is 0 Å². The van der Waals surface area contributed by atoms with Crippen molar-refractivity contribution < 1.29 is 4.42 Å². The Morgan fingerprint density at radius 1 is 1.00 bits per heavy atom. The molecule has 0 bridgehead atoms. The summed E-state index contributed by atoms with van der Waals surface area (Å²) in [6.07, 6.45) is 6.76. The average molecular weight is 227 g/mol. The zero-order valence-corrected chi connectivity index (χ0v) is 9.47. The van der Waals surface area contributed by atoms with Crippen LogP contribution in [0.5, 0.6) is 0 Å². The van der Waals surface area contributed by atoms with Crippen molar-refractivity contribution in [2.75, 3.05) is 0 Å². The highest BCUT2D eigenvalue weighted by Crippen LogP contribution is 2.41. The van der Waals surface area contributed by atoms with Gasteiger partial charge in [0.2, 0.25) is 11.8 Å². The average Bonchev–Trinajstić information content (AvgIpc) is 3.28. The highest BCUT2D eigenvalue weighted by atomic mass is 16.4. The molecule has 0 N–H and O–H groups in total. The largest absolute Gasteiger partial charge is 0.420 e. The molecule has 0 atom stereocenters. The maximum atomic E-state index is 5.65. The summed E-state index contributed by atoms with van der Waals surface area (Å²) >= 11 is 0. The number of rotatable bonds is 3. The fraction of sp³-hybridized carbons (Fsp3) is 0.462. The molecule has 0 unspecified atom stereocenters. The van der Waals surface area contributed by atoms with Gasteiger partial charge in [-0.25, -0.2) is 0 Å². The summed E-state index contributed by atoms with van der Waals surface area (Å²) in [5.74, 6) is 2.58. The lowest BCUT2D eigenvalue weighted by atomic mass is 10.2. The van der Waals surface area contributed by atoms with Crippen LogP contribution in [0.25, 0.3) is 11.5 Å². The molecule has 2 saturated carbocycles. The van der Waals surface area contributed by atoms with E-state index in [-0.39, 0.29) is 0 Å². The molecule has 2 aliphatic carbocycles. The highest BCUT2D eigenvalue weighted by molar-refractivity contribution is 5.51. The van der Waals surface area contributed by atoms with Crippen LogP contribution < -0.4 is 0 Å². The molecule has 4 nitrogen and oxygen atoms in total. The number of aromatic nitrogens is 3. The summed E-state index contributed by atoms with van der Waals surface area (Å²) in [6.45, 7) is 0. The van der Waals surface area contributed by atoms with E-state index >= 15 is 0 Å². The number of nitrogens with zero attached hydrogens (tertiary/aromatic N) is 3. The van der Waals surface area contributed by atoms with Crippen molar-refractivity contribution in [3.63, 3.8) is 0 Å². The summed E-state index contributed by atoms with van der Waals surface area (Å²) < 4.78 is 5.65. The van der Waals surface area contributed by atoms with Crippen molar-refractivity contribution in [3.8, 4) is 11.5 Å². The van der Waals surface area contributed by atoms with Gasteiger partial charge < -0.3 is 4.42 Å². The predicted octanol–water partition coefficient (Wildman–Crippen LogP) is 2.89. The van der Waals surface area contributed by atoms with E-state index in [2.05, 4.69) is 21.2 Å². The van der Waals surface area contributed by atoms with Crippen LogP contribution >= 0.6 is 0 Å². The molecule has 2 aromatic rings. The van der Waals surface area contributed by atoms with Crippen LogP contribution in [0, 0.1) is 0 Å². The van der Waals surface area contributed by atoms with Crippen molar-refractivity contribution >= 4 is 0 Å². The van der Waals surface area contributed by atoms with Gasteiger partial charge in [0.15, 0.2) is 0 Å². The summed E-state index contributed by atoms with van der Waals surface area (Å²) in [5, 5.41) is 8.16. The van der Waals surface area contributed by atoms with Crippen LogP contribution in [0.4, 0.5) is 0 Å². The second kappa shape index (κ2) is 3.39. The van der Waals surface area contributed by atoms with Crippen LogP contribution in [-0.4, -0.2) is 15.2 Å². The molecule has 0 saturated heterocycles. The van der Waals surface area contributed by atoms with Gasteiger partial charge in [-0.05, 0) is 37.8 Å². The van der Waals surface area contributed by atoms with E-state index in [9.17, 15) is 0 Å². The molecule has 0 spiro atoms. The van der Waals surface area contributed by atoms with E-state index in [1.54, 1.807) is 0 Å². The fourth-order valence-corrected chi connectivity index (χ4v) is 2.00. The quantitative estimate of drug-likeness (QED) is 0.809. The van der Waals surface area contributed by atoms with E-state index in [0.717, 1.165) is 11.5 Å². The molecule has 0 aromatic carbocycles. The van der Waals surface area contributed by atoms with E-state index in [1.807, 2.05) is 12.3 Å². The molecule has 86 valence electrons. The van der Waals surface area contributed by atoms with E-state index in [4.69, 9.17) is 4.42 Å². The van der Waals surface area contributed by atoms with Crippen LogP contribution in [0.1, 0.15) is 49.1 Å². The first-order valence-electron chi connectivity index (χ1n) is 6.20. The summed E-state index contributed by atoms with van der Waals surface area (Å²) in [6, 6.07) is 4.11.